The van der Waals surface area contributed by atoms with Crippen LogP contribution in [0, 0.1) is 6.92 Å². The number of ether oxygens (including phenoxy) is 3. The predicted octanol–water partition coefficient (Wildman–Crippen LogP) is 5.88. The van der Waals surface area contributed by atoms with Crippen molar-refractivity contribution in [1.29, 1.82) is 0 Å². The third-order valence-electron chi connectivity index (χ3n) is 6.15. The number of carbonyl (C=O) groups excluding carboxylic acids is 1. The van der Waals surface area contributed by atoms with Gasteiger partial charge < -0.3 is 19.5 Å². The number of nitrogens with one attached hydrogen (secondary N) is 1. The number of hydrogen-bond donors (Lipinski definition) is 1. The van der Waals surface area contributed by atoms with Crippen molar-refractivity contribution in [3.05, 3.63) is 82.4 Å². The van der Waals surface area contributed by atoms with Crippen molar-refractivity contribution in [2.75, 3.05) is 26.6 Å². The first-order chi connectivity index (χ1) is 18.4. The molecule has 38 heavy (non-hydrogen) atoms. The number of hydrogen-bond acceptors (Lipinski definition) is 6. The first-order valence-electron chi connectivity index (χ1n) is 12.6. The molecule has 0 saturated heterocycles. The molecule has 0 saturated carbocycles. The van der Waals surface area contributed by atoms with Crippen LogP contribution in [0.15, 0.2) is 65.5 Å². The highest BCUT2D eigenvalue weighted by molar-refractivity contribution is 5.96. The Morgan fingerprint density at radius 1 is 0.947 bits per heavy atom. The van der Waals surface area contributed by atoms with Crippen LogP contribution in [0.3, 0.4) is 0 Å². The summed E-state index contributed by atoms with van der Waals surface area (Å²) < 4.78 is 17.8. The number of methoxy groups -OCH3 is 3. The molecule has 200 valence electrons. The molecule has 4 rings (SSSR count). The molecule has 0 aliphatic rings. The van der Waals surface area contributed by atoms with Gasteiger partial charge in [-0.05, 0) is 67.4 Å². The SMILES string of the molecule is CC.CCC(C(=O)Nc1ccc(-n2c(C)nc3ccccc3c2=O)cc1)c1cc(OC)c(OC)c(OC)c1. The third-order valence-corrected chi connectivity index (χ3v) is 6.15. The number of benzene rings is 3. The van der Waals surface area contributed by atoms with Crippen LogP contribution in [-0.2, 0) is 4.79 Å². The van der Waals surface area contributed by atoms with Crippen molar-refractivity contribution in [3.8, 4) is 22.9 Å². The van der Waals surface area contributed by atoms with Crippen molar-refractivity contribution in [2.24, 2.45) is 0 Å². The summed E-state index contributed by atoms with van der Waals surface area (Å²) in [6.45, 7) is 7.74. The number of para-hydroxylation sites is 1. The van der Waals surface area contributed by atoms with Gasteiger partial charge in [-0.2, -0.15) is 0 Å². The zero-order chi connectivity index (χ0) is 27.8. The summed E-state index contributed by atoms with van der Waals surface area (Å²) in [6, 6.07) is 18.0. The summed E-state index contributed by atoms with van der Waals surface area (Å²) >= 11 is 0. The number of aromatic nitrogens is 2. The van der Waals surface area contributed by atoms with E-state index in [1.165, 1.54) is 7.11 Å². The molecule has 3 aromatic carbocycles. The van der Waals surface area contributed by atoms with Gasteiger partial charge in [0.05, 0.1) is 43.8 Å². The first-order valence-corrected chi connectivity index (χ1v) is 12.6. The molecule has 1 N–H and O–H groups in total. The molecule has 4 aromatic rings. The van der Waals surface area contributed by atoms with Crippen LogP contribution in [0.25, 0.3) is 16.6 Å². The Morgan fingerprint density at radius 3 is 2.11 bits per heavy atom. The van der Waals surface area contributed by atoms with Crippen LogP contribution in [0.1, 0.15) is 44.5 Å². The highest BCUT2D eigenvalue weighted by atomic mass is 16.5. The van der Waals surface area contributed by atoms with Crippen LogP contribution in [-0.4, -0.2) is 36.8 Å². The fourth-order valence-corrected chi connectivity index (χ4v) is 4.35. The Kier molecular flexibility index (Phi) is 9.49. The highest BCUT2D eigenvalue weighted by Crippen LogP contribution is 2.40. The smallest absolute Gasteiger partial charge is 0.265 e. The van der Waals surface area contributed by atoms with E-state index in [1.54, 1.807) is 68.2 Å². The maximum Gasteiger partial charge on any atom is 0.265 e. The lowest BCUT2D eigenvalue weighted by atomic mass is 9.94. The molecule has 1 aromatic heterocycles. The van der Waals surface area contributed by atoms with Gasteiger partial charge in [-0.3, -0.25) is 14.2 Å². The van der Waals surface area contributed by atoms with Gasteiger partial charge in [0.1, 0.15) is 5.82 Å². The van der Waals surface area contributed by atoms with E-state index in [4.69, 9.17) is 14.2 Å². The Morgan fingerprint density at radius 2 is 1.55 bits per heavy atom. The van der Waals surface area contributed by atoms with Gasteiger partial charge in [-0.25, -0.2) is 4.98 Å². The molecule has 0 aliphatic heterocycles. The largest absolute Gasteiger partial charge is 0.493 e. The number of carbonyl (C=O) groups is 1. The fraction of sp³-hybridized carbons (Fsp3) is 0.300. The van der Waals surface area contributed by atoms with E-state index in [0.29, 0.717) is 51.8 Å². The van der Waals surface area contributed by atoms with Crippen LogP contribution < -0.4 is 25.1 Å². The number of anilines is 1. The van der Waals surface area contributed by atoms with E-state index in [-0.39, 0.29) is 11.5 Å². The second kappa shape index (κ2) is 12.8. The van der Waals surface area contributed by atoms with Crippen molar-refractivity contribution in [2.45, 2.75) is 40.0 Å². The molecule has 0 bridgehead atoms. The van der Waals surface area contributed by atoms with Gasteiger partial charge in [-0.1, -0.05) is 32.9 Å². The van der Waals surface area contributed by atoms with E-state index in [9.17, 15) is 9.59 Å². The summed E-state index contributed by atoms with van der Waals surface area (Å²) in [4.78, 5) is 30.8. The Balaban J connectivity index is 0.00000195. The number of aryl methyl sites for hydroxylation is 1. The fourth-order valence-electron chi connectivity index (χ4n) is 4.35. The number of fused-ring (bicyclic) bond motifs is 1. The molecule has 1 heterocycles. The van der Waals surface area contributed by atoms with Gasteiger partial charge in [0.2, 0.25) is 11.7 Å². The maximum atomic E-state index is 13.2. The first kappa shape index (κ1) is 28.2. The molecule has 1 unspecified atom stereocenters. The molecule has 0 fully saturated rings. The second-order valence-electron chi connectivity index (χ2n) is 8.27. The Hall–Kier alpha value is -4.33. The Labute approximate surface area is 223 Å². The van der Waals surface area contributed by atoms with Crippen LogP contribution in [0.2, 0.25) is 0 Å². The standard InChI is InChI=1S/C28H29N3O5.C2H6/c1-6-21(18-15-24(34-3)26(36-5)25(16-18)35-4)27(32)30-19-11-13-20(14-12-19)31-17(2)29-23-10-8-7-9-22(23)28(31)33;1-2/h7-16,21H,6H2,1-5H3,(H,30,32);1-2H3. The van der Waals surface area contributed by atoms with E-state index in [0.717, 1.165) is 5.56 Å². The number of rotatable bonds is 8. The molecule has 1 amide bonds. The van der Waals surface area contributed by atoms with E-state index >= 15 is 0 Å². The van der Waals surface area contributed by atoms with Crippen LogP contribution >= 0.6 is 0 Å². The zero-order valence-corrected chi connectivity index (χ0v) is 23.0. The van der Waals surface area contributed by atoms with Crippen molar-refractivity contribution < 1.29 is 19.0 Å². The minimum atomic E-state index is -0.437. The van der Waals surface area contributed by atoms with Crippen molar-refractivity contribution >= 4 is 22.5 Å². The summed E-state index contributed by atoms with van der Waals surface area (Å²) in [7, 11) is 4.63. The van der Waals surface area contributed by atoms with Gasteiger partial charge in [0, 0.05) is 5.69 Å². The van der Waals surface area contributed by atoms with Gasteiger partial charge in [0.15, 0.2) is 11.5 Å². The van der Waals surface area contributed by atoms with E-state index in [2.05, 4.69) is 10.3 Å². The minimum absolute atomic E-state index is 0.136. The van der Waals surface area contributed by atoms with E-state index < -0.39 is 5.92 Å². The van der Waals surface area contributed by atoms with Gasteiger partial charge in [-0.15, -0.1) is 0 Å². The zero-order valence-electron chi connectivity index (χ0n) is 23.0. The van der Waals surface area contributed by atoms with E-state index in [1.807, 2.05) is 39.0 Å². The summed E-state index contributed by atoms with van der Waals surface area (Å²) in [6.07, 6.45) is 0.569. The summed E-state index contributed by atoms with van der Waals surface area (Å²) in [5.74, 6) is 1.44. The molecule has 0 aliphatic carbocycles. The molecule has 0 radical (unpaired) electrons. The molecular formula is C30H35N3O5. The lowest BCUT2D eigenvalue weighted by Gasteiger charge is -2.19. The van der Waals surface area contributed by atoms with Crippen molar-refractivity contribution in [1.82, 2.24) is 9.55 Å². The Bertz CT molecular complexity index is 1440. The maximum absolute atomic E-state index is 13.2. The monoisotopic (exact) mass is 517 g/mol. The van der Waals surface area contributed by atoms with Crippen LogP contribution in [0.4, 0.5) is 5.69 Å². The topological polar surface area (TPSA) is 91.7 Å². The third kappa shape index (κ3) is 5.64. The predicted molar refractivity (Wildman–Crippen MR) is 151 cm³/mol. The molecule has 0 spiro atoms. The molecular weight excluding hydrogens is 482 g/mol. The summed E-state index contributed by atoms with van der Waals surface area (Å²) in [5.41, 5.74) is 2.57. The van der Waals surface area contributed by atoms with Crippen molar-refractivity contribution in [3.63, 3.8) is 0 Å². The van der Waals surface area contributed by atoms with Gasteiger partial charge >= 0.3 is 0 Å². The average molecular weight is 518 g/mol. The summed E-state index contributed by atoms with van der Waals surface area (Å²) in [5, 5.41) is 3.53. The number of amides is 1. The lowest BCUT2D eigenvalue weighted by Crippen LogP contribution is -2.23. The quantitative estimate of drug-likeness (QED) is 0.314. The number of nitrogens with zero attached hydrogens (tertiary/aromatic N) is 2. The second-order valence-corrected chi connectivity index (χ2v) is 8.27. The molecule has 8 nitrogen and oxygen atoms in total. The average Bonchev–Trinajstić information content (AvgIpc) is 2.94. The molecule has 1 atom stereocenters. The van der Waals surface area contributed by atoms with Crippen LogP contribution in [0.5, 0.6) is 17.2 Å². The van der Waals surface area contributed by atoms with Gasteiger partial charge in [0.25, 0.3) is 5.56 Å². The minimum Gasteiger partial charge on any atom is -0.493 e. The molecule has 8 heteroatoms. The normalized spacial score (nSPS) is 11.2. The highest BCUT2D eigenvalue weighted by Gasteiger charge is 2.23. The lowest BCUT2D eigenvalue weighted by molar-refractivity contribution is -0.117.